The number of nitrogens with two attached hydrogens (primary N) is 2. The highest BCUT2D eigenvalue weighted by Crippen LogP contribution is 1.85. The zero-order chi connectivity index (χ0) is 7.98. The predicted molar refractivity (Wildman–Crippen MR) is 36.0 cm³/mol. The lowest BCUT2D eigenvalue weighted by atomic mass is 10.2. The molecule has 0 heterocycles. The molecule has 0 bridgehead atoms. The lowest BCUT2D eigenvalue weighted by Crippen LogP contribution is -2.41. The molecule has 6 N–H and O–H groups in total. The Balaban J connectivity index is 3.71. The number of hydrogen-bond acceptors (Lipinski definition) is 5. The SMILES string of the molecule is NN=CCC(NN)C(=O)O. The van der Waals surface area contributed by atoms with E-state index in [2.05, 4.69) is 10.5 Å². The fraction of sp³-hybridized carbons (Fsp3) is 0.500. The number of nitrogens with zero attached hydrogens (tertiary/aromatic N) is 1. The van der Waals surface area contributed by atoms with Crippen LogP contribution in [-0.2, 0) is 4.79 Å². The van der Waals surface area contributed by atoms with Crippen molar-refractivity contribution in [3.63, 3.8) is 0 Å². The third kappa shape index (κ3) is 3.00. The first-order valence-corrected chi connectivity index (χ1v) is 2.63. The molecule has 0 saturated carbocycles. The summed E-state index contributed by atoms with van der Waals surface area (Å²) in [4.78, 5) is 10.2. The minimum Gasteiger partial charge on any atom is -0.480 e. The molecular formula is C4H10N4O2. The number of carbonyl (C=O) groups is 1. The van der Waals surface area contributed by atoms with E-state index in [1.807, 2.05) is 0 Å². The van der Waals surface area contributed by atoms with Crippen LogP contribution in [0, 0.1) is 0 Å². The van der Waals surface area contributed by atoms with Crippen molar-refractivity contribution in [2.45, 2.75) is 12.5 Å². The summed E-state index contributed by atoms with van der Waals surface area (Å²) in [5.74, 6) is 8.60. The molecule has 0 aromatic carbocycles. The fourth-order valence-electron chi connectivity index (χ4n) is 0.406. The molecule has 0 aliphatic heterocycles. The molecule has 0 fully saturated rings. The third-order valence-corrected chi connectivity index (χ3v) is 0.946. The Morgan fingerprint density at radius 3 is 2.80 bits per heavy atom. The summed E-state index contributed by atoms with van der Waals surface area (Å²) in [5.41, 5.74) is 2.09. The summed E-state index contributed by atoms with van der Waals surface area (Å²) in [7, 11) is 0. The molecule has 1 atom stereocenters. The molecule has 1 unspecified atom stereocenters. The second-order valence-corrected chi connectivity index (χ2v) is 1.62. The molecule has 10 heavy (non-hydrogen) atoms. The van der Waals surface area contributed by atoms with Gasteiger partial charge >= 0.3 is 5.97 Å². The average Bonchev–Trinajstić information content (AvgIpc) is 1.89. The minimum atomic E-state index is -1.03. The van der Waals surface area contributed by atoms with Crippen LogP contribution in [0.1, 0.15) is 6.42 Å². The predicted octanol–water partition coefficient (Wildman–Crippen LogP) is -1.76. The van der Waals surface area contributed by atoms with Gasteiger partial charge in [0.05, 0.1) is 0 Å². The fourth-order valence-corrected chi connectivity index (χ4v) is 0.406. The third-order valence-electron chi connectivity index (χ3n) is 0.946. The van der Waals surface area contributed by atoms with Crippen molar-refractivity contribution < 1.29 is 9.90 Å². The highest BCUT2D eigenvalue weighted by Gasteiger charge is 2.12. The molecule has 58 valence electrons. The van der Waals surface area contributed by atoms with Crippen LogP contribution in [0.5, 0.6) is 0 Å². The van der Waals surface area contributed by atoms with Gasteiger partial charge in [-0.3, -0.25) is 10.6 Å². The summed E-state index contributed by atoms with van der Waals surface area (Å²) < 4.78 is 0. The van der Waals surface area contributed by atoms with Crippen molar-refractivity contribution in [1.29, 1.82) is 0 Å². The normalized spacial score (nSPS) is 13.7. The zero-order valence-corrected chi connectivity index (χ0v) is 5.32. The summed E-state index contributed by atoms with van der Waals surface area (Å²) in [6.07, 6.45) is 1.46. The molecule has 0 radical (unpaired) electrons. The smallest absolute Gasteiger partial charge is 0.322 e. The Morgan fingerprint density at radius 2 is 2.50 bits per heavy atom. The Morgan fingerprint density at radius 1 is 1.90 bits per heavy atom. The maximum atomic E-state index is 10.2. The Kier molecular flexibility index (Phi) is 4.17. The van der Waals surface area contributed by atoms with E-state index in [9.17, 15) is 4.79 Å². The monoisotopic (exact) mass is 146 g/mol. The van der Waals surface area contributed by atoms with Gasteiger partial charge in [0.2, 0.25) is 0 Å². The van der Waals surface area contributed by atoms with Crippen LogP contribution in [0.3, 0.4) is 0 Å². The maximum Gasteiger partial charge on any atom is 0.322 e. The van der Waals surface area contributed by atoms with Gasteiger partial charge in [-0.1, -0.05) is 0 Å². The van der Waals surface area contributed by atoms with Gasteiger partial charge in [-0.25, -0.2) is 5.43 Å². The zero-order valence-electron chi connectivity index (χ0n) is 5.32. The molecule has 0 aromatic rings. The molecule has 0 aromatic heterocycles. The van der Waals surface area contributed by atoms with Crippen molar-refractivity contribution in [3.8, 4) is 0 Å². The lowest BCUT2D eigenvalue weighted by Gasteiger charge is -2.05. The van der Waals surface area contributed by atoms with E-state index in [0.29, 0.717) is 0 Å². The van der Waals surface area contributed by atoms with Crippen LogP contribution < -0.4 is 17.1 Å². The number of hydrazone groups is 1. The van der Waals surface area contributed by atoms with E-state index < -0.39 is 12.0 Å². The Bertz CT molecular complexity index is 135. The molecule has 0 saturated heterocycles. The summed E-state index contributed by atoms with van der Waals surface area (Å²) in [6, 6.07) is -0.813. The molecule has 0 aliphatic carbocycles. The van der Waals surface area contributed by atoms with E-state index >= 15 is 0 Å². The van der Waals surface area contributed by atoms with E-state index in [0.717, 1.165) is 0 Å². The number of aliphatic carboxylic acids is 1. The number of hydrazine groups is 1. The van der Waals surface area contributed by atoms with Gasteiger partial charge in [-0.2, -0.15) is 5.10 Å². The van der Waals surface area contributed by atoms with Crippen molar-refractivity contribution in [1.82, 2.24) is 5.43 Å². The summed E-state index contributed by atoms with van der Waals surface area (Å²) >= 11 is 0. The first-order chi connectivity index (χ1) is 4.72. The Labute approximate surface area is 57.9 Å². The molecule has 6 nitrogen and oxygen atoms in total. The Hall–Kier alpha value is -1.14. The molecule has 0 amide bonds. The minimum absolute atomic E-state index is 0.183. The van der Waals surface area contributed by atoms with Gasteiger partial charge in [0.1, 0.15) is 6.04 Å². The van der Waals surface area contributed by atoms with Crippen molar-refractivity contribution in [2.24, 2.45) is 16.8 Å². The van der Waals surface area contributed by atoms with Crippen LogP contribution in [-0.4, -0.2) is 23.3 Å². The number of carboxylic acid groups (broad SMARTS) is 1. The second-order valence-electron chi connectivity index (χ2n) is 1.62. The highest BCUT2D eigenvalue weighted by molar-refractivity contribution is 5.77. The first kappa shape index (κ1) is 8.86. The average molecular weight is 146 g/mol. The van der Waals surface area contributed by atoms with Gasteiger partial charge in [-0.05, 0) is 0 Å². The van der Waals surface area contributed by atoms with Crippen LogP contribution in [0.15, 0.2) is 5.10 Å². The van der Waals surface area contributed by atoms with Crippen molar-refractivity contribution >= 4 is 12.2 Å². The van der Waals surface area contributed by atoms with E-state index in [1.54, 1.807) is 0 Å². The highest BCUT2D eigenvalue weighted by atomic mass is 16.4. The number of hydrogen-bond donors (Lipinski definition) is 4. The summed E-state index contributed by atoms with van der Waals surface area (Å²) in [5, 5.41) is 11.5. The number of carboxylic acids is 1. The van der Waals surface area contributed by atoms with Crippen LogP contribution in [0.2, 0.25) is 0 Å². The number of nitrogens with one attached hydrogen (secondary N) is 1. The standard InChI is InChI=1S/C4H10N4O2/c5-7-2-1-3(8-6)4(9)10/h2-3,8H,1,5-6H2,(H,9,10). The largest absolute Gasteiger partial charge is 0.480 e. The summed E-state index contributed by atoms with van der Waals surface area (Å²) in [6.45, 7) is 0. The van der Waals surface area contributed by atoms with Gasteiger partial charge in [0.25, 0.3) is 0 Å². The van der Waals surface area contributed by atoms with Crippen LogP contribution in [0.25, 0.3) is 0 Å². The van der Waals surface area contributed by atoms with Crippen LogP contribution >= 0.6 is 0 Å². The van der Waals surface area contributed by atoms with Gasteiger partial charge in [-0.15, -0.1) is 0 Å². The van der Waals surface area contributed by atoms with E-state index in [4.69, 9.17) is 16.8 Å². The van der Waals surface area contributed by atoms with Gasteiger partial charge in [0.15, 0.2) is 0 Å². The van der Waals surface area contributed by atoms with Gasteiger partial charge in [0, 0.05) is 12.6 Å². The van der Waals surface area contributed by atoms with Crippen molar-refractivity contribution in [2.75, 3.05) is 0 Å². The maximum absolute atomic E-state index is 10.2. The van der Waals surface area contributed by atoms with Crippen molar-refractivity contribution in [3.05, 3.63) is 0 Å². The van der Waals surface area contributed by atoms with Crippen LogP contribution in [0.4, 0.5) is 0 Å². The molecule has 6 heteroatoms. The van der Waals surface area contributed by atoms with E-state index in [-0.39, 0.29) is 6.42 Å². The first-order valence-electron chi connectivity index (χ1n) is 2.63. The molecular weight excluding hydrogens is 136 g/mol. The molecule has 0 rings (SSSR count). The topological polar surface area (TPSA) is 114 Å². The number of rotatable bonds is 4. The van der Waals surface area contributed by atoms with Gasteiger partial charge < -0.3 is 10.9 Å². The lowest BCUT2D eigenvalue weighted by molar-refractivity contribution is -0.139. The molecule has 0 aliphatic rings. The second kappa shape index (κ2) is 4.71. The molecule has 0 spiro atoms. The van der Waals surface area contributed by atoms with E-state index in [1.165, 1.54) is 6.21 Å². The quantitative estimate of drug-likeness (QED) is 0.213.